The standard InChI is InChI=1S/C12H9N3O4S/c16-11(8-1-3-10(4-2-8)15(18)19)13-14-12(17)9-5-6-20-7-9/h1-7H,(H,13,16)(H,14,17). The van der Waals surface area contributed by atoms with Crippen LogP contribution in [0.2, 0.25) is 0 Å². The number of nitrogens with one attached hydrogen (secondary N) is 2. The van der Waals surface area contributed by atoms with E-state index in [1.807, 2.05) is 0 Å². The van der Waals surface area contributed by atoms with Gasteiger partial charge in [0.25, 0.3) is 17.5 Å². The first-order valence-electron chi connectivity index (χ1n) is 5.45. The van der Waals surface area contributed by atoms with Gasteiger partial charge in [-0.05, 0) is 23.6 Å². The normalized spacial score (nSPS) is 9.80. The summed E-state index contributed by atoms with van der Waals surface area (Å²) in [4.78, 5) is 33.2. The Kier molecular flexibility index (Phi) is 4.06. The number of hydrogen-bond acceptors (Lipinski definition) is 5. The molecule has 20 heavy (non-hydrogen) atoms. The summed E-state index contributed by atoms with van der Waals surface area (Å²) in [6.45, 7) is 0. The molecule has 1 aromatic carbocycles. The number of hydrazine groups is 1. The highest BCUT2D eigenvalue weighted by Crippen LogP contribution is 2.11. The zero-order chi connectivity index (χ0) is 14.5. The van der Waals surface area contributed by atoms with Crippen LogP contribution in [0.5, 0.6) is 0 Å². The lowest BCUT2D eigenvalue weighted by Gasteiger charge is -2.06. The maximum absolute atomic E-state index is 11.7. The van der Waals surface area contributed by atoms with E-state index in [2.05, 4.69) is 10.9 Å². The van der Waals surface area contributed by atoms with Crippen molar-refractivity contribution in [1.29, 1.82) is 0 Å². The molecule has 0 aliphatic heterocycles. The van der Waals surface area contributed by atoms with Gasteiger partial charge in [-0.25, -0.2) is 0 Å². The summed E-state index contributed by atoms with van der Waals surface area (Å²) < 4.78 is 0. The van der Waals surface area contributed by atoms with Gasteiger partial charge in [-0.3, -0.25) is 30.6 Å². The Balaban J connectivity index is 1.95. The van der Waals surface area contributed by atoms with Gasteiger partial charge in [-0.15, -0.1) is 0 Å². The number of nitro groups is 1. The zero-order valence-electron chi connectivity index (χ0n) is 10.0. The molecule has 0 bridgehead atoms. The van der Waals surface area contributed by atoms with Gasteiger partial charge in [0.2, 0.25) is 0 Å². The van der Waals surface area contributed by atoms with E-state index in [1.54, 1.807) is 16.8 Å². The van der Waals surface area contributed by atoms with Gasteiger partial charge >= 0.3 is 0 Å². The number of amides is 2. The fourth-order valence-electron chi connectivity index (χ4n) is 1.39. The molecule has 0 radical (unpaired) electrons. The van der Waals surface area contributed by atoms with Crippen LogP contribution in [-0.4, -0.2) is 16.7 Å². The Morgan fingerprint density at radius 1 is 1.00 bits per heavy atom. The fourth-order valence-corrected chi connectivity index (χ4v) is 2.02. The largest absolute Gasteiger partial charge is 0.270 e. The van der Waals surface area contributed by atoms with Crippen molar-refractivity contribution in [3.8, 4) is 0 Å². The predicted octanol–water partition coefficient (Wildman–Crippen LogP) is 1.73. The lowest BCUT2D eigenvalue weighted by Crippen LogP contribution is -2.41. The first-order valence-corrected chi connectivity index (χ1v) is 6.39. The van der Waals surface area contributed by atoms with Crippen molar-refractivity contribution >= 4 is 28.8 Å². The Morgan fingerprint density at radius 2 is 1.60 bits per heavy atom. The first kappa shape index (κ1) is 13.7. The van der Waals surface area contributed by atoms with Gasteiger partial charge in [0, 0.05) is 23.1 Å². The van der Waals surface area contributed by atoms with E-state index in [-0.39, 0.29) is 11.3 Å². The van der Waals surface area contributed by atoms with Gasteiger partial charge in [0.1, 0.15) is 0 Å². The predicted molar refractivity (Wildman–Crippen MR) is 72.3 cm³/mol. The summed E-state index contributed by atoms with van der Waals surface area (Å²) >= 11 is 1.37. The molecule has 2 rings (SSSR count). The van der Waals surface area contributed by atoms with Crippen LogP contribution in [0.4, 0.5) is 5.69 Å². The average molecular weight is 291 g/mol. The third-order valence-electron chi connectivity index (χ3n) is 2.41. The fraction of sp³-hybridized carbons (Fsp3) is 0. The van der Waals surface area contributed by atoms with Crippen molar-refractivity contribution in [2.75, 3.05) is 0 Å². The minimum Gasteiger partial charge on any atom is -0.267 e. The smallest absolute Gasteiger partial charge is 0.267 e. The maximum Gasteiger partial charge on any atom is 0.270 e. The number of carbonyl (C=O) groups is 2. The van der Waals surface area contributed by atoms with Crippen molar-refractivity contribution < 1.29 is 14.5 Å². The maximum atomic E-state index is 11.7. The number of thiophene rings is 1. The molecule has 102 valence electrons. The van der Waals surface area contributed by atoms with Crippen molar-refractivity contribution in [1.82, 2.24) is 10.9 Å². The molecule has 2 aromatic rings. The third-order valence-corrected chi connectivity index (χ3v) is 3.10. The van der Waals surface area contributed by atoms with E-state index in [9.17, 15) is 19.7 Å². The Labute approximate surface area is 117 Å². The first-order chi connectivity index (χ1) is 9.58. The summed E-state index contributed by atoms with van der Waals surface area (Å²) in [6.07, 6.45) is 0. The molecule has 0 saturated heterocycles. The van der Waals surface area contributed by atoms with Crippen LogP contribution in [0.3, 0.4) is 0 Å². The summed E-state index contributed by atoms with van der Waals surface area (Å²) in [5, 5.41) is 13.9. The number of carbonyl (C=O) groups excluding carboxylic acids is 2. The molecular formula is C12H9N3O4S. The van der Waals surface area contributed by atoms with E-state index in [1.165, 1.54) is 35.6 Å². The number of nitrogens with zero attached hydrogens (tertiary/aromatic N) is 1. The van der Waals surface area contributed by atoms with E-state index in [0.29, 0.717) is 5.56 Å². The zero-order valence-corrected chi connectivity index (χ0v) is 10.8. The second kappa shape index (κ2) is 5.93. The molecule has 1 heterocycles. The average Bonchev–Trinajstić information content (AvgIpc) is 2.98. The Hall–Kier alpha value is -2.74. The molecule has 0 fully saturated rings. The number of rotatable bonds is 3. The minimum absolute atomic E-state index is 0.108. The molecular weight excluding hydrogens is 282 g/mol. The SMILES string of the molecule is O=C(NNC(=O)c1ccsc1)c1ccc([N+](=O)[O-])cc1. The monoisotopic (exact) mass is 291 g/mol. The molecule has 2 N–H and O–H groups in total. The van der Waals surface area contributed by atoms with E-state index >= 15 is 0 Å². The summed E-state index contributed by atoms with van der Waals surface area (Å²) in [5.74, 6) is -0.981. The third kappa shape index (κ3) is 3.18. The van der Waals surface area contributed by atoms with Gasteiger partial charge in [0.05, 0.1) is 10.5 Å². The van der Waals surface area contributed by atoms with E-state index in [4.69, 9.17) is 0 Å². The number of non-ortho nitro benzene ring substituents is 1. The lowest BCUT2D eigenvalue weighted by molar-refractivity contribution is -0.384. The second-order valence-electron chi connectivity index (χ2n) is 3.72. The minimum atomic E-state index is -0.556. The highest BCUT2D eigenvalue weighted by Gasteiger charge is 2.11. The van der Waals surface area contributed by atoms with Gasteiger partial charge in [-0.1, -0.05) is 0 Å². The molecule has 0 aliphatic carbocycles. The van der Waals surface area contributed by atoms with Crippen LogP contribution in [0, 0.1) is 10.1 Å². The van der Waals surface area contributed by atoms with Crippen LogP contribution in [0.1, 0.15) is 20.7 Å². The molecule has 0 aliphatic rings. The van der Waals surface area contributed by atoms with Crippen LogP contribution < -0.4 is 10.9 Å². The van der Waals surface area contributed by atoms with Crippen LogP contribution >= 0.6 is 11.3 Å². The highest BCUT2D eigenvalue weighted by atomic mass is 32.1. The van der Waals surface area contributed by atoms with Gasteiger partial charge in [-0.2, -0.15) is 11.3 Å². The van der Waals surface area contributed by atoms with Crippen LogP contribution in [-0.2, 0) is 0 Å². The van der Waals surface area contributed by atoms with E-state index in [0.717, 1.165) is 0 Å². The van der Waals surface area contributed by atoms with Crippen LogP contribution in [0.15, 0.2) is 41.1 Å². The highest BCUT2D eigenvalue weighted by molar-refractivity contribution is 7.08. The molecule has 1 aromatic heterocycles. The molecule has 0 spiro atoms. The van der Waals surface area contributed by atoms with Crippen molar-refractivity contribution in [3.05, 3.63) is 62.3 Å². The van der Waals surface area contributed by atoms with E-state index < -0.39 is 16.7 Å². The second-order valence-corrected chi connectivity index (χ2v) is 4.50. The topological polar surface area (TPSA) is 101 Å². The summed E-state index contributed by atoms with van der Waals surface area (Å²) in [6, 6.07) is 6.68. The van der Waals surface area contributed by atoms with Gasteiger partial charge < -0.3 is 0 Å². The lowest BCUT2D eigenvalue weighted by atomic mass is 10.2. The number of benzene rings is 1. The number of hydrogen-bond donors (Lipinski definition) is 2. The molecule has 0 saturated carbocycles. The Morgan fingerprint density at radius 3 is 2.10 bits per heavy atom. The molecule has 0 unspecified atom stereocenters. The van der Waals surface area contributed by atoms with Gasteiger partial charge in [0.15, 0.2) is 0 Å². The molecule has 7 nitrogen and oxygen atoms in total. The quantitative estimate of drug-likeness (QED) is 0.664. The van der Waals surface area contributed by atoms with Crippen molar-refractivity contribution in [2.24, 2.45) is 0 Å². The summed E-state index contributed by atoms with van der Waals surface area (Å²) in [7, 11) is 0. The molecule has 2 amide bonds. The molecule has 0 atom stereocenters. The molecule has 8 heteroatoms. The van der Waals surface area contributed by atoms with Crippen molar-refractivity contribution in [3.63, 3.8) is 0 Å². The Bertz CT molecular complexity index is 637. The number of nitro benzene ring substituents is 1. The van der Waals surface area contributed by atoms with Crippen LogP contribution in [0.25, 0.3) is 0 Å². The van der Waals surface area contributed by atoms with Crippen molar-refractivity contribution in [2.45, 2.75) is 0 Å². The summed E-state index contributed by atoms with van der Waals surface area (Å²) in [5.41, 5.74) is 5.03.